The minimum Gasteiger partial charge on any atom is -0.474 e. The van der Waals surface area contributed by atoms with E-state index in [2.05, 4.69) is 10.3 Å². The lowest BCUT2D eigenvalue weighted by molar-refractivity contribution is -0.0513. The molecule has 0 amide bonds. The molecule has 2 aliphatic rings. The van der Waals surface area contributed by atoms with Crippen LogP contribution in [0.15, 0.2) is 24.4 Å². The molecule has 1 aliphatic heterocycles. The maximum atomic E-state index is 5.74. The zero-order valence-corrected chi connectivity index (χ0v) is 8.07. The Balaban J connectivity index is 1.56. The van der Waals surface area contributed by atoms with Crippen molar-refractivity contribution in [3.05, 3.63) is 24.4 Å². The van der Waals surface area contributed by atoms with Crippen molar-refractivity contribution in [2.75, 3.05) is 13.1 Å². The summed E-state index contributed by atoms with van der Waals surface area (Å²) in [5.41, 5.74) is 0.583. The summed E-state index contributed by atoms with van der Waals surface area (Å²) in [7, 11) is 0. The van der Waals surface area contributed by atoms with E-state index >= 15 is 0 Å². The van der Waals surface area contributed by atoms with Crippen LogP contribution >= 0.6 is 0 Å². The standard InChI is InChI=1S/C11H14N2O/c1-2-4-13-10(3-1)14-9-5-11(6-9)7-12-8-11/h1-4,9,12H,5-8H2. The van der Waals surface area contributed by atoms with E-state index in [0.29, 0.717) is 11.5 Å². The summed E-state index contributed by atoms with van der Waals surface area (Å²) in [6, 6.07) is 5.79. The van der Waals surface area contributed by atoms with Crippen molar-refractivity contribution in [2.45, 2.75) is 18.9 Å². The molecule has 3 rings (SSSR count). The molecule has 74 valence electrons. The summed E-state index contributed by atoms with van der Waals surface area (Å²) in [4.78, 5) is 4.15. The van der Waals surface area contributed by atoms with Crippen molar-refractivity contribution in [2.24, 2.45) is 5.41 Å². The summed E-state index contributed by atoms with van der Waals surface area (Å²) in [6.07, 6.45) is 4.55. The van der Waals surface area contributed by atoms with Crippen LogP contribution in [0.2, 0.25) is 0 Å². The first-order valence-electron chi connectivity index (χ1n) is 5.15. The van der Waals surface area contributed by atoms with E-state index in [1.165, 1.54) is 25.9 Å². The average Bonchev–Trinajstić information content (AvgIpc) is 2.09. The average molecular weight is 190 g/mol. The van der Waals surface area contributed by atoms with E-state index in [-0.39, 0.29) is 0 Å². The second-order valence-electron chi connectivity index (χ2n) is 4.42. The summed E-state index contributed by atoms with van der Waals surface area (Å²) in [6.45, 7) is 2.35. The van der Waals surface area contributed by atoms with Crippen LogP contribution < -0.4 is 10.1 Å². The highest BCUT2D eigenvalue weighted by atomic mass is 16.5. The Morgan fingerprint density at radius 2 is 2.21 bits per heavy atom. The molecule has 0 aromatic carbocycles. The third kappa shape index (κ3) is 1.28. The van der Waals surface area contributed by atoms with Crippen LogP contribution in [0.1, 0.15) is 12.8 Å². The first-order valence-corrected chi connectivity index (χ1v) is 5.15. The van der Waals surface area contributed by atoms with Crippen LogP contribution in [0, 0.1) is 5.41 Å². The Bertz CT molecular complexity index is 313. The molecule has 1 N–H and O–H groups in total. The summed E-state index contributed by atoms with van der Waals surface area (Å²) in [5, 5.41) is 3.32. The van der Waals surface area contributed by atoms with Gasteiger partial charge in [0.2, 0.25) is 5.88 Å². The highest BCUT2D eigenvalue weighted by molar-refractivity contribution is 5.12. The Labute approximate surface area is 83.5 Å². The Hall–Kier alpha value is -1.09. The van der Waals surface area contributed by atoms with Gasteiger partial charge in [0, 0.05) is 30.8 Å². The summed E-state index contributed by atoms with van der Waals surface area (Å²) in [5.74, 6) is 0.764. The fourth-order valence-corrected chi connectivity index (χ4v) is 2.34. The smallest absolute Gasteiger partial charge is 0.213 e. The molecule has 1 aromatic heterocycles. The fourth-order valence-electron chi connectivity index (χ4n) is 2.34. The number of pyridine rings is 1. The molecule has 3 nitrogen and oxygen atoms in total. The molecule has 2 heterocycles. The molecular weight excluding hydrogens is 176 g/mol. The monoisotopic (exact) mass is 190 g/mol. The first kappa shape index (κ1) is 8.24. The lowest BCUT2D eigenvalue weighted by atomic mass is 9.63. The van der Waals surface area contributed by atoms with Crippen molar-refractivity contribution in [3.8, 4) is 5.88 Å². The zero-order chi connectivity index (χ0) is 9.43. The van der Waals surface area contributed by atoms with Crippen LogP contribution in [-0.4, -0.2) is 24.2 Å². The molecule has 14 heavy (non-hydrogen) atoms. The summed E-state index contributed by atoms with van der Waals surface area (Å²) >= 11 is 0. The molecule has 0 bridgehead atoms. The van der Waals surface area contributed by atoms with Gasteiger partial charge in [-0.05, 0) is 18.9 Å². The second-order valence-corrected chi connectivity index (χ2v) is 4.42. The van der Waals surface area contributed by atoms with E-state index in [0.717, 1.165) is 5.88 Å². The van der Waals surface area contributed by atoms with Crippen molar-refractivity contribution in [1.29, 1.82) is 0 Å². The summed E-state index contributed by atoms with van der Waals surface area (Å²) < 4.78 is 5.74. The van der Waals surface area contributed by atoms with Crippen LogP contribution in [0.4, 0.5) is 0 Å². The minimum absolute atomic E-state index is 0.395. The number of rotatable bonds is 2. The quantitative estimate of drug-likeness (QED) is 0.761. The Morgan fingerprint density at radius 3 is 2.79 bits per heavy atom. The van der Waals surface area contributed by atoms with Gasteiger partial charge in [-0.2, -0.15) is 0 Å². The molecule has 1 aromatic rings. The number of nitrogens with one attached hydrogen (secondary N) is 1. The van der Waals surface area contributed by atoms with Crippen molar-refractivity contribution in [3.63, 3.8) is 0 Å². The SMILES string of the molecule is c1ccc(OC2CC3(CNC3)C2)nc1. The first-order chi connectivity index (χ1) is 6.86. The van der Waals surface area contributed by atoms with Gasteiger partial charge < -0.3 is 10.1 Å². The van der Waals surface area contributed by atoms with E-state index in [1.807, 2.05) is 18.2 Å². The van der Waals surface area contributed by atoms with E-state index in [1.54, 1.807) is 6.20 Å². The number of ether oxygens (including phenoxy) is 1. The number of hydrogen-bond acceptors (Lipinski definition) is 3. The highest BCUT2D eigenvalue weighted by Gasteiger charge is 2.49. The molecule has 1 saturated carbocycles. The van der Waals surface area contributed by atoms with Gasteiger partial charge in [0.15, 0.2) is 0 Å². The van der Waals surface area contributed by atoms with E-state index < -0.39 is 0 Å². The molecule has 1 aliphatic carbocycles. The number of nitrogens with zero attached hydrogens (tertiary/aromatic N) is 1. The molecule has 3 heteroatoms. The van der Waals surface area contributed by atoms with E-state index in [4.69, 9.17) is 4.74 Å². The largest absolute Gasteiger partial charge is 0.474 e. The molecule has 0 radical (unpaired) electrons. The predicted octanol–water partition coefficient (Wildman–Crippen LogP) is 1.21. The van der Waals surface area contributed by atoms with Gasteiger partial charge in [0.1, 0.15) is 6.10 Å². The third-order valence-electron chi connectivity index (χ3n) is 3.25. The van der Waals surface area contributed by atoms with Crippen LogP contribution in [-0.2, 0) is 0 Å². The van der Waals surface area contributed by atoms with Gasteiger partial charge in [0.25, 0.3) is 0 Å². The molecule has 1 saturated heterocycles. The minimum atomic E-state index is 0.395. The van der Waals surface area contributed by atoms with Crippen LogP contribution in [0.3, 0.4) is 0 Å². The molecule has 0 unspecified atom stereocenters. The van der Waals surface area contributed by atoms with E-state index in [9.17, 15) is 0 Å². The van der Waals surface area contributed by atoms with Crippen LogP contribution in [0.5, 0.6) is 5.88 Å². The topological polar surface area (TPSA) is 34.1 Å². The second kappa shape index (κ2) is 2.95. The maximum Gasteiger partial charge on any atom is 0.213 e. The highest BCUT2D eigenvalue weighted by Crippen LogP contribution is 2.45. The van der Waals surface area contributed by atoms with Crippen molar-refractivity contribution >= 4 is 0 Å². The third-order valence-corrected chi connectivity index (χ3v) is 3.25. The lowest BCUT2D eigenvalue weighted by Crippen LogP contribution is -2.62. The lowest BCUT2D eigenvalue weighted by Gasteiger charge is -2.53. The predicted molar refractivity (Wildman–Crippen MR) is 53.2 cm³/mol. The molecule has 0 atom stereocenters. The zero-order valence-electron chi connectivity index (χ0n) is 8.07. The van der Waals surface area contributed by atoms with Gasteiger partial charge in [-0.15, -0.1) is 0 Å². The fraction of sp³-hybridized carbons (Fsp3) is 0.545. The number of aromatic nitrogens is 1. The molecule has 2 fully saturated rings. The molecule has 1 spiro atoms. The van der Waals surface area contributed by atoms with Crippen molar-refractivity contribution in [1.82, 2.24) is 10.3 Å². The van der Waals surface area contributed by atoms with Gasteiger partial charge in [-0.1, -0.05) is 6.07 Å². The van der Waals surface area contributed by atoms with Gasteiger partial charge >= 0.3 is 0 Å². The maximum absolute atomic E-state index is 5.74. The van der Waals surface area contributed by atoms with Crippen LogP contribution in [0.25, 0.3) is 0 Å². The van der Waals surface area contributed by atoms with Gasteiger partial charge in [-0.25, -0.2) is 4.98 Å². The number of hydrogen-bond donors (Lipinski definition) is 1. The molecular formula is C11H14N2O. The van der Waals surface area contributed by atoms with Crippen molar-refractivity contribution < 1.29 is 4.74 Å². The normalized spacial score (nSPS) is 24.0. The van der Waals surface area contributed by atoms with Gasteiger partial charge in [-0.3, -0.25) is 0 Å². The Morgan fingerprint density at radius 1 is 1.36 bits per heavy atom. The van der Waals surface area contributed by atoms with Gasteiger partial charge in [0.05, 0.1) is 0 Å². The Kier molecular flexibility index (Phi) is 1.74.